The SMILES string of the molecule is O=C(O)C1CC(=O)N(CC2CN3CCCC3CO2)C1. The first-order valence-corrected chi connectivity index (χ1v) is 6.99. The normalized spacial score (nSPS) is 35.7. The molecule has 0 aromatic heterocycles. The molecule has 0 aromatic carbocycles. The van der Waals surface area contributed by atoms with Crippen LogP contribution in [0.3, 0.4) is 0 Å². The lowest BCUT2D eigenvalue weighted by Crippen LogP contribution is -2.50. The number of fused-ring (bicyclic) bond motifs is 1. The van der Waals surface area contributed by atoms with Gasteiger partial charge in [-0.15, -0.1) is 0 Å². The maximum absolute atomic E-state index is 11.8. The summed E-state index contributed by atoms with van der Waals surface area (Å²) in [4.78, 5) is 26.8. The van der Waals surface area contributed by atoms with Crippen molar-refractivity contribution < 1.29 is 19.4 Å². The molecule has 3 unspecified atom stereocenters. The summed E-state index contributed by atoms with van der Waals surface area (Å²) in [6.07, 6.45) is 2.60. The van der Waals surface area contributed by atoms with Gasteiger partial charge in [-0.3, -0.25) is 14.5 Å². The Morgan fingerprint density at radius 1 is 1.42 bits per heavy atom. The van der Waals surface area contributed by atoms with Crippen LogP contribution < -0.4 is 0 Å². The molecule has 0 aromatic rings. The fourth-order valence-corrected chi connectivity index (χ4v) is 3.36. The minimum absolute atomic E-state index is 0.0332. The summed E-state index contributed by atoms with van der Waals surface area (Å²) in [5.74, 6) is -1.48. The number of carboxylic acids is 1. The Balaban J connectivity index is 1.54. The van der Waals surface area contributed by atoms with Crippen LogP contribution in [0, 0.1) is 5.92 Å². The number of likely N-dealkylation sites (tertiary alicyclic amines) is 1. The number of carbonyl (C=O) groups is 2. The van der Waals surface area contributed by atoms with Gasteiger partial charge in [0.2, 0.25) is 5.91 Å². The molecule has 0 radical (unpaired) electrons. The van der Waals surface area contributed by atoms with Crippen molar-refractivity contribution in [3.05, 3.63) is 0 Å². The molecule has 3 aliphatic heterocycles. The van der Waals surface area contributed by atoms with Crippen LogP contribution in [-0.4, -0.2) is 71.7 Å². The molecular weight excluding hydrogens is 248 g/mol. The van der Waals surface area contributed by atoms with E-state index in [1.165, 1.54) is 12.8 Å². The van der Waals surface area contributed by atoms with E-state index in [9.17, 15) is 9.59 Å². The van der Waals surface area contributed by atoms with Gasteiger partial charge in [-0.05, 0) is 19.4 Å². The molecule has 19 heavy (non-hydrogen) atoms. The van der Waals surface area contributed by atoms with Gasteiger partial charge in [0, 0.05) is 32.1 Å². The molecule has 3 heterocycles. The van der Waals surface area contributed by atoms with E-state index < -0.39 is 11.9 Å². The molecule has 0 aliphatic carbocycles. The summed E-state index contributed by atoms with van der Waals surface area (Å²) >= 11 is 0. The summed E-state index contributed by atoms with van der Waals surface area (Å²) in [6, 6.07) is 0.553. The Hall–Kier alpha value is -1.14. The Kier molecular flexibility index (Phi) is 3.45. The van der Waals surface area contributed by atoms with Gasteiger partial charge >= 0.3 is 5.97 Å². The molecule has 0 bridgehead atoms. The summed E-state index contributed by atoms with van der Waals surface area (Å²) in [7, 11) is 0. The third-order valence-corrected chi connectivity index (χ3v) is 4.45. The third-order valence-electron chi connectivity index (χ3n) is 4.45. The highest BCUT2D eigenvalue weighted by Crippen LogP contribution is 2.24. The Morgan fingerprint density at radius 2 is 2.26 bits per heavy atom. The Morgan fingerprint density at radius 3 is 3.00 bits per heavy atom. The molecule has 6 nitrogen and oxygen atoms in total. The molecule has 0 spiro atoms. The van der Waals surface area contributed by atoms with Crippen LogP contribution in [0.1, 0.15) is 19.3 Å². The summed E-state index contributed by atoms with van der Waals surface area (Å²) in [5.41, 5.74) is 0. The Bertz CT molecular complexity index is 387. The number of nitrogens with zero attached hydrogens (tertiary/aromatic N) is 2. The first-order chi connectivity index (χ1) is 9.13. The number of hydrogen-bond donors (Lipinski definition) is 1. The minimum Gasteiger partial charge on any atom is -0.481 e. The van der Waals surface area contributed by atoms with Crippen molar-refractivity contribution in [3.8, 4) is 0 Å². The molecule has 106 valence electrons. The first kappa shape index (κ1) is 12.9. The highest BCUT2D eigenvalue weighted by molar-refractivity contribution is 5.86. The first-order valence-electron chi connectivity index (χ1n) is 6.99. The zero-order chi connectivity index (χ0) is 13.4. The average molecular weight is 268 g/mol. The number of aliphatic carboxylic acids is 1. The molecule has 3 rings (SSSR count). The summed E-state index contributed by atoms with van der Waals surface area (Å²) in [5, 5.41) is 8.96. The number of morpholine rings is 1. The third kappa shape index (κ3) is 2.60. The van der Waals surface area contributed by atoms with E-state index in [1.54, 1.807) is 4.90 Å². The molecule has 3 saturated heterocycles. The van der Waals surface area contributed by atoms with Crippen LogP contribution in [0.2, 0.25) is 0 Å². The van der Waals surface area contributed by atoms with Crippen LogP contribution in [0.4, 0.5) is 0 Å². The number of hydrogen-bond acceptors (Lipinski definition) is 4. The van der Waals surface area contributed by atoms with E-state index in [0.29, 0.717) is 19.1 Å². The zero-order valence-corrected chi connectivity index (χ0v) is 11.0. The number of amides is 1. The van der Waals surface area contributed by atoms with Crippen LogP contribution >= 0.6 is 0 Å². The molecular formula is C13H20N2O4. The highest BCUT2D eigenvalue weighted by Gasteiger charge is 2.38. The lowest BCUT2D eigenvalue weighted by molar-refractivity contribution is -0.141. The molecule has 1 amide bonds. The topological polar surface area (TPSA) is 70.1 Å². The second-order valence-corrected chi connectivity index (χ2v) is 5.78. The smallest absolute Gasteiger partial charge is 0.308 e. The molecule has 1 N–H and O–H groups in total. The van der Waals surface area contributed by atoms with Gasteiger partial charge in [0.15, 0.2) is 0 Å². The molecule has 6 heteroatoms. The summed E-state index contributed by atoms with van der Waals surface area (Å²) < 4.78 is 5.81. The predicted octanol–water partition coefficient (Wildman–Crippen LogP) is -0.217. The van der Waals surface area contributed by atoms with Gasteiger partial charge in [0.05, 0.1) is 18.6 Å². The quantitative estimate of drug-likeness (QED) is 0.766. The van der Waals surface area contributed by atoms with Crippen LogP contribution in [0.15, 0.2) is 0 Å². The second kappa shape index (κ2) is 5.09. The van der Waals surface area contributed by atoms with Gasteiger partial charge < -0.3 is 14.7 Å². The second-order valence-electron chi connectivity index (χ2n) is 5.78. The van der Waals surface area contributed by atoms with Crippen molar-refractivity contribution >= 4 is 11.9 Å². The lowest BCUT2D eigenvalue weighted by Gasteiger charge is -2.36. The van der Waals surface area contributed by atoms with Gasteiger partial charge in [-0.1, -0.05) is 0 Å². The average Bonchev–Trinajstić information content (AvgIpc) is 2.96. The molecule has 3 atom stereocenters. The highest BCUT2D eigenvalue weighted by atomic mass is 16.5. The predicted molar refractivity (Wildman–Crippen MR) is 66.7 cm³/mol. The van der Waals surface area contributed by atoms with Crippen molar-refractivity contribution in [1.29, 1.82) is 0 Å². The number of carbonyl (C=O) groups excluding carboxylic acids is 1. The van der Waals surface area contributed by atoms with E-state index in [1.807, 2.05) is 0 Å². The minimum atomic E-state index is -0.875. The fourth-order valence-electron chi connectivity index (χ4n) is 3.36. The Labute approximate surface area is 112 Å². The maximum atomic E-state index is 11.8. The number of rotatable bonds is 3. The monoisotopic (exact) mass is 268 g/mol. The van der Waals surface area contributed by atoms with E-state index in [2.05, 4.69) is 4.90 Å². The van der Waals surface area contributed by atoms with Crippen molar-refractivity contribution in [2.24, 2.45) is 5.92 Å². The van der Waals surface area contributed by atoms with Crippen molar-refractivity contribution in [1.82, 2.24) is 9.80 Å². The fraction of sp³-hybridized carbons (Fsp3) is 0.846. The summed E-state index contributed by atoms with van der Waals surface area (Å²) in [6.45, 7) is 3.60. The van der Waals surface area contributed by atoms with E-state index in [4.69, 9.17) is 9.84 Å². The van der Waals surface area contributed by atoms with Crippen LogP contribution in [0.5, 0.6) is 0 Å². The molecule has 3 aliphatic rings. The largest absolute Gasteiger partial charge is 0.481 e. The van der Waals surface area contributed by atoms with Gasteiger partial charge in [-0.25, -0.2) is 0 Å². The van der Waals surface area contributed by atoms with Crippen molar-refractivity contribution in [2.45, 2.75) is 31.4 Å². The van der Waals surface area contributed by atoms with Crippen molar-refractivity contribution in [3.63, 3.8) is 0 Å². The van der Waals surface area contributed by atoms with Crippen LogP contribution in [0.25, 0.3) is 0 Å². The maximum Gasteiger partial charge on any atom is 0.308 e. The molecule has 0 saturated carbocycles. The standard InChI is InChI=1S/C13H20N2O4/c16-12-4-9(13(17)18)5-15(12)7-11-6-14-3-1-2-10(14)8-19-11/h9-11H,1-8H2,(H,17,18). The van der Waals surface area contributed by atoms with E-state index in [0.717, 1.165) is 19.7 Å². The van der Waals surface area contributed by atoms with E-state index >= 15 is 0 Å². The van der Waals surface area contributed by atoms with Gasteiger partial charge in [0.25, 0.3) is 0 Å². The van der Waals surface area contributed by atoms with E-state index in [-0.39, 0.29) is 18.4 Å². The number of carboxylic acid groups (broad SMARTS) is 1. The lowest BCUT2D eigenvalue weighted by atomic mass is 10.1. The van der Waals surface area contributed by atoms with Gasteiger partial charge in [-0.2, -0.15) is 0 Å². The number of ether oxygens (including phenoxy) is 1. The zero-order valence-electron chi connectivity index (χ0n) is 11.0. The van der Waals surface area contributed by atoms with Crippen molar-refractivity contribution in [2.75, 3.05) is 32.8 Å². The molecule has 3 fully saturated rings. The van der Waals surface area contributed by atoms with Crippen LogP contribution in [-0.2, 0) is 14.3 Å². The van der Waals surface area contributed by atoms with Gasteiger partial charge in [0.1, 0.15) is 0 Å².